The van der Waals surface area contributed by atoms with Crippen molar-refractivity contribution >= 4 is 22.9 Å². The van der Waals surface area contributed by atoms with Crippen LogP contribution in [0.25, 0.3) is 11.0 Å². The molecule has 71 heavy (non-hydrogen) atoms. The summed E-state index contributed by atoms with van der Waals surface area (Å²) >= 11 is 0. The Labute approximate surface area is 414 Å². The molecule has 3 aliphatic heterocycles. The first-order chi connectivity index (χ1) is 34.5. The molecule has 0 radical (unpaired) electrons. The molecule has 12 heteroatoms. The van der Waals surface area contributed by atoms with Crippen LogP contribution in [0.5, 0.6) is 5.75 Å². The van der Waals surface area contributed by atoms with Crippen LogP contribution in [0.2, 0.25) is 0 Å². The van der Waals surface area contributed by atoms with Gasteiger partial charge in [-0.15, -0.1) is 0 Å². The number of benzene rings is 4. The van der Waals surface area contributed by atoms with Gasteiger partial charge in [-0.3, -0.25) is 4.79 Å². The number of carbonyl (C=O) groups is 2. The number of esters is 2. The number of fused-ring (bicyclic) bond motifs is 11. The van der Waals surface area contributed by atoms with Crippen molar-refractivity contribution in [2.45, 2.75) is 127 Å². The van der Waals surface area contributed by atoms with E-state index in [4.69, 9.17) is 23.4 Å². The molecule has 7 unspecified atom stereocenters. The molecule has 374 valence electrons. The summed E-state index contributed by atoms with van der Waals surface area (Å²) in [7, 11) is 0. The average molecular weight is 967 g/mol. The molecule has 4 heterocycles. The quantitative estimate of drug-likeness (QED) is 0.0306. The summed E-state index contributed by atoms with van der Waals surface area (Å²) in [6.45, 7) is 1.60. The SMILES string of the molecule is CC(CO)=C1CCc2ccc(cc2)C2C=CC(c3cccc(Cc4ccccc4)c3)CC2CC(=O)OC2c3c(ccc4c(CO)c(C(CCO)COCO)c(=O)oc34)OC(C)(C3CCCCC3)C2OC1=O. The first kappa shape index (κ1) is 50.1. The highest BCUT2D eigenvalue weighted by atomic mass is 16.6. The molecule has 4 aromatic carbocycles. The molecule has 1 saturated carbocycles. The highest BCUT2D eigenvalue weighted by Gasteiger charge is 2.57. The van der Waals surface area contributed by atoms with Gasteiger partial charge in [0.25, 0.3) is 0 Å². The number of allylic oxidation sites excluding steroid dienone is 2. The molecule has 4 N–H and O–H groups in total. The van der Waals surface area contributed by atoms with Crippen LogP contribution in [-0.4, -0.2) is 70.7 Å². The number of aryl methyl sites for hydroxylation is 1. The molecule has 10 rings (SSSR count). The van der Waals surface area contributed by atoms with E-state index in [0.29, 0.717) is 29.4 Å². The number of rotatable bonds is 12. The molecule has 12 nitrogen and oxygen atoms in total. The van der Waals surface area contributed by atoms with Gasteiger partial charge in [-0.1, -0.05) is 110 Å². The van der Waals surface area contributed by atoms with Crippen LogP contribution in [0, 0.1) is 11.8 Å². The lowest BCUT2D eigenvalue weighted by Gasteiger charge is -2.50. The Hall–Kier alpha value is -5.89. The largest absolute Gasteiger partial charge is 0.483 e. The Morgan fingerprint density at radius 3 is 2.34 bits per heavy atom. The van der Waals surface area contributed by atoms with E-state index in [1.807, 2.05) is 25.1 Å². The lowest BCUT2D eigenvalue weighted by molar-refractivity contribution is -0.201. The predicted molar refractivity (Wildman–Crippen MR) is 268 cm³/mol. The fourth-order valence-corrected chi connectivity index (χ4v) is 11.9. The zero-order chi connectivity index (χ0) is 49.6. The summed E-state index contributed by atoms with van der Waals surface area (Å²) in [5.74, 6) is -2.12. The molecule has 2 bridgehead atoms. The van der Waals surface area contributed by atoms with Crippen molar-refractivity contribution in [3.05, 3.63) is 169 Å². The van der Waals surface area contributed by atoms with Crippen molar-refractivity contribution in [2.24, 2.45) is 11.8 Å². The van der Waals surface area contributed by atoms with Crippen molar-refractivity contribution in [3.8, 4) is 5.75 Å². The van der Waals surface area contributed by atoms with Gasteiger partial charge in [-0.2, -0.15) is 0 Å². The Balaban J connectivity index is 1.18. The molecular formula is C59H66O12. The van der Waals surface area contributed by atoms with Gasteiger partial charge in [0.1, 0.15) is 23.7 Å². The smallest absolute Gasteiger partial charge is 0.340 e. The predicted octanol–water partition coefficient (Wildman–Crippen LogP) is 9.32. The molecule has 2 aliphatic carbocycles. The minimum atomic E-state index is -1.35. The summed E-state index contributed by atoms with van der Waals surface area (Å²) in [4.78, 5) is 44.5. The molecule has 7 atom stereocenters. The second kappa shape index (κ2) is 22.3. The Kier molecular flexibility index (Phi) is 15.7. The molecule has 5 aliphatic rings. The number of ether oxygens (including phenoxy) is 4. The van der Waals surface area contributed by atoms with Crippen molar-refractivity contribution in [2.75, 3.05) is 26.6 Å². The van der Waals surface area contributed by atoms with E-state index in [1.54, 1.807) is 19.1 Å². The van der Waals surface area contributed by atoms with Crippen LogP contribution in [0.15, 0.2) is 124 Å². The summed E-state index contributed by atoms with van der Waals surface area (Å²) in [5.41, 5.74) is 4.84. The van der Waals surface area contributed by atoms with Gasteiger partial charge in [-0.25, -0.2) is 9.59 Å². The third-order valence-corrected chi connectivity index (χ3v) is 15.7. The van der Waals surface area contributed by atoms with Gasteiger partial charge in [0, 0.05) is 53.2 Å². The molecule has 0 saturated heterocycles. The van der Waals surface area contributed by atoms with E-state index in [0.717, 1.165) is 55.2 Å². The number of aliphatic hydroxyl groups is 4. The van der Waals surface area contributed by atoms with Gasteiger partial charge in [0.15, 0.2) is 12.2 Å². The Morgan fingerprint density at radius 2 is 1.61 bits per heavy atom. The van der Waals surface area contributed by atoms with Crippen LogP contribution in [0.4, 0.5) is 0 Å². The third kappa shape index (κ3) is 10.5. The monoisotopic (exact) mass is 966 g/mol. The van der Waals surface area contributed by atoms with E-state index in [-0.39, 0.29) is 90.8 Å². The Bertz CT molecular complexity index is 2810. The lowest BCUT2D eigenvalue weighted by atomic mass is 9.71. The van der Waals surface area contributed by atoms with Crippen molar-refractivity contribution < 1.29 is 53.4 Å². The van der Waals surface area contributed by atoms with Crippen molar-refractivity contribution in [1.82, 2.24) is 0 Å². The molecule has 1 aromatic heterocycles. The highest BCUT2D eigenvalue weighted by Crippen LogP contribution is 2.53. The third-order valence-electron chi connectivity index (χ3n) is 15.7. The van der Waals surface area contributed by atoms with E-state index < -0.39 is 54.7 Å². The molecule has 1 fully saturated rings. The van der Waals surface area contributed by atoms with Crippen LogP contribution >= 0.6 is 0 Å². The average Bonchev–Trinajstić information content (AvgIpc) is 3.38. The minimum Gasteiger partial charge on any atom is -0.483 e. The van der Waals surface area contributed by atoms with E-state index in [1.165, 1.54) is 11.1 Å². The minimum absolute atomic E-state index is 0.000779. The van der Waals surface area contributed by atoms with Crippen LogP contribution in [0.3, 0.4) is 0 Å². The summed E-state index contributed by atoms with van der Waals surface area (Å²) in [6, 6.07) is 30.8. The summed E-state index contributed by atoms with van der Waals surface area (Å²) in [6.07, 6.45) is 8.60. The number of hydrogen-bond acceptors (Lipinski definition) is 12. The van der Waals surface area contributed by atoms with Gasteiger partial charge >= 0.3 is 17.6 Å². The molecule has 0 amide bonds. The second-order valence-corrected chi connectivity index (χ2v) is 20.1. The zero-order valence-electron chi connectivity index (χ0n) is 40.7. The van der Waals surface area contributed by atoms with Crippen LogP contribution < -0.4 is 10.4 Å². The van der Waals surface area contributed by atoms with Crippen molar-refractivity contribution in [3.63, 3.8) is 0 Å². The normalized spacial score (nSPS) is 25.1. The van der Waals surface area contributed by atoms with Gasteiger partial charge in [-0.05, 0) is 116 Å². The van der Waals surface area contributed by atoms with Gasteiger partial charge in [0.2, 0.25) is 0 Å². The van der Waals surface area contributed by atoms with Crippen LogP contribution in [-0.2, 0) is 43.2 Å². The standard InChI is InChI=1S/C59H66O12/c1-36(32-61)46-22-18-37-16-19-40(20-17-37)47-23-21-42(41-13-9-12-39(29-41)28-38-10-5-3-6-11-38)30-44(47)31-51(64)68-55-53-50(71-59(2,56(55)70-57(46)65)45-14-7-4-8-15-45)25-24-48-49(33-62)52(58(66)69-54(48)53)43(26-27-60)34-67-35-63/h3,5-6,9-13,16-17,19-21,23-25,29,42-45,47,55-56,60-63H,4,7-8,14-15,18,22,26-28,30-35H2,1-2H3. The van der Waals surface area contributed by atoms with Gasteiger partial charge in [0.05, 0.1) is 25.4 Å². The van der Waals surface area contributed by atoms with Gasteiger partial charge < -0.3 is 43.8 Å². The molecule has 0 spiro atoms. The number of hydrogen-bond donors (Lipinski definition) is 4. The summed E-state index contributed by atoms with van der Waals surface area (Å²) < 4.78 is 32.2. The van der Waals surface area contributed by atoms with E-state index in [2.05, 4.69) is 72.8 Å². The second-order valence-electron chi connectivity index (χ2n) is 20.1. The zero-order valence-corrected chi connectivity index (χ0v) is 40.7. The maximum atomic E-state index is 15.2. The fraction of sp³-hybridized carbons (Fsp3) is 0.441. The topological polar surface area (TPSA) is 182 Å². The maximum absolute atomic E-state index is 15.2. The highest BCUT2D eigenvalue weighted by molar-refractivity contribution is 5.90. The number of carbonyl (C=O) groups excluding carboxylic acids is 2. The molecular weight excluding hydrogens is 901 g/mol. The van der Waals surface area contributed by atoms with Crippen molar-refractivity contribution in [1.29, 1.82) is 0 Å². The molecule has 5 aromatic rings. The maximum Gasteiger partial charge on any atom is 0.340 e. The number of aliphatic hydroxyl groups excluding tert-OH is 4. The first-order valence-corrected chi connectivity index (χ1v) is 25.3. The van der Waals surface area contributed by atoms with E-state index in [9.17, 15) is 30.0 Å². The fourth-order valence-electron chi connectivity index (χ4n) is 11.9. The lowest BCUT2D eigenvalue weighted by Crippen LogP contribution is -2.58. The summed E-state index contributed by atoms with van der Waals surface area (Å²) in [5, 5.41) is 41.4. The van der Waals surface area contributed by atoms with E-state index >= 15 is 4.79 Å². The first-order valence-electron chi connectivity index (χ1n) is 25.3. The Morgan fingerprint density at radius 1 is 0.831 bits per heavy atom. The van der Waals surface area contributed by atoms with Crippen LogP contribution in [0.1, 0.15) is 140 Å².